The van der Waals surface area contributed by atoms with Crippen molar-refractivity contribution >= 4 is 0 Å². The Morgan fingerprint density at radius 2 is 1.04 bits per heavy atom. The van der Waals surface area contributed by atoms with Gasteiger partial charge in [-0.3, -0.25) is 0 Å². The SMILES string of the molecule is FC(F)=C1C(C(F)(F)F)=C(F)C(F)(F)C(F)(F)C(F)(F)C1(F)F. The molecule has 134 valence electrons. The molecule has 0 aromatic heterocycles. The molecule has 0 N–H and O–H groups in total. The lowest BCUT2D eigenvalue weighted by Gasteiger charge is -2.33. The Morgan fingerprint density at radius 3 is 1.35 bits per heavy atom. The Bertz CT molecular complexity index is 570. The maximum absolute atomic E-state index is 13.1. The topological polar surface area (TPSA) is 0 Å². The molecule has 0 bridgehead atoms. The van der Waals surface area contributed by atoms with Crippen molar-refractivity contribution in [3.8, 4) is 0 Å². The van der Waals surface area contributed by atoms with Crippen LogP contribution in [0.2, 0.25) is 0 Å². The first-order valence-electron chi connectivity index (χ1n) is 4.90. The zero-order chi connectivity index (χ0) is 18.8. The third-order valence-corrected chi connectivity index (χ3v) is 2.71. The molecular formula is C9F14. The lowest BCUT2D eigenvalue weighted by molar-refractivity contribution is -0.348. The summed E-state index contributed by atoms with van der Waals surface area (Å²) >= 11 is 0. The Morgan fingerprint density at radius 1 is 0.696 bits per heavy atom. The summed E-state index contributed by atoms with van der Waals surface area (Å²) in [6.07, 6.45) is -11.2. The van der Waals surface area contributed by atoms with Crippen LogP contribution in [0.25, 0.3) is 0 Å². The van der Waals surface area contributed by atoms with E-state index >= 15 is 0 Å². The molecule has 0 radical (unpaired) electrons. The third kappa shape index (κ3) is 2.28. The van der Waals surface area contributed by atoms with Crippen LogP contribution in [0.1, 0.15) is 0 Å². The highest BCUT2D eigenvalue weighted by Crippen LogP contribution is 2.63. The molecule has 0 atom stereocenters. The minimum Gasteiger partial charge on any atom is -0.204 e. The summed E-state index contributed by atoms with van der Waals surface area (Å²) in [4.78, 5) is 0. The van der Waals surface area contributed by atoms with E-state index in [1.807, 2.05) is 0 Å². The lowest BCUT2D eigenvalue weighted by Crippen LogP contribution is -2.61. The molecule has 1 aliphatic rings. The van der Waals surface area contributed by atoms with Gasteiger partial charge in [0.1, 0.15) is 11.1 Å². The normalized spacial score (nSPS) is 26.1. The highest BCUT2D eigenvalue weighted by molar-refractivity contribution is 5.49. The van der Waals surface area contributed by atoms with Gasteiger partial charge in [-0.25, -0.2) is 4.39 Å². The number of rotatable bonds is 0. The minimum atomic E-state index is -7.47. The van der Waals surface area contributed by atoms with E-state index in [1.165, 1.54) is 0 Å². The Labute approximate surface area is 116 Å². The van der Waals surface area contributed by atoms with Crippen LogP contribution in [0.15, 0.2) is 23.1 Å². The average molecular weight is 374 g/mol. The Hall–Kier alpha value is -1.50. The van der Waals surface area contributed by atoms with Crippen LogP contribution in [0, 0.1) is 0 Å². The molecule has 0 saturated carbocycles. The number of alkyl halides is 11. The van der Waals surface area contributed by atoms with Crippen molar-refractivity contribution in [2.75, 3.05) is 0 Å². The molecular weight excluding hydrogens is 374 g/mol. The maximum Gasteiger partial charge on any atom is 0.419 e. The molecule has 0 saturated heterocycles. The molecule has 0 aliphatic heterocycles. The van der Waals surface area contributed by atoms with Gasteiger partial charge in [-0.05, 0) is 0 Å². The summed E-state index contributed by atoms with van der Waals surface area (Å²) in [5, 5.41) is 0. The van der Waals surface area contributed by atoms with Gasteiger partial charge in [-0.1, -0.05) is 0 Å². The Kier molecular flexibility index (Phi) is 4.04. The predicted molar refractivity (Wildman–Crippen MR) is 43.2 cm³/mol. The van der Waals surface area contributed by atoms with Crippen LogP contribution in [0.3, 0.4) is 0 Å². The average Bonchev–Trinajstić information content (AvgIpc) is 2.32. The first-order chi connectivity index (χ1) is 9.85. The quantitative estimate of drug-likeness (QED) is 0.493. The predicted octanol–water partition coefficient (Wildman–Crippen LogP) is 5.48. The zero-order valence-corrected chi connectivity index (χ0v) is 9.79. The molecule has 0 unspecified atom stereocenters. The third-order valence-electron chi connectivity index (χ3n) is 2.71. The van der Waals surface area contributed by atoms with Crippen molar-refractivity contribution in [2.45, 2.75) is 29.9 Å². The largest absolute Gasteiger partial charge is 0.419 e. The summed E-state index contributed by atoms with van der Waals surface area (Å²) in [5.41, 5.74) is -8.58. The fourth-order valence-corrected chi connectivity index (χ4v) is 1.59. The van der Waals surface area contributed by atoms with E-state index in [0.717, 1.165) is 0 Å². The number of halogens is 14. The molecule has 0 fully saturated rings. The van der Waals surface area contributed by atoms with E-state index in [4.69, 9.17) is 0 Å². The summed E-state index contributed by atoms with van der Waals surface area (Å²) in [6, 6.07) is 0. The fourth-order valence-electron chi connectivity index (χ4n) is 1.59. The Balaban J connectivity index is 4.15. The second-order valence-corrected chi connectivity index (χ2v) is 4.12. The van der Waals surface area contributed by atoms with Gasteiger partial charge in [0.05, 0.1) is 0 Å². The molecule has 0 aromatic carbocycles. The second-order valence-electron chi connectivity index (χ2n) is 4.12. The van der Waals surface area contributed by atoms with E-state index in [9.17, 15) is 61.5 Å². The van der Waals surface area contributed by atoms with Gasteiger partial charge < -0.3 is 0 Å². The van der Waals surface area contributed by atoms with Crippen molar-refractivity contribution < 1.29 is 61.5 Å². The molecule has 14 heteroatoms. The summed E-state index contributed by atoms with van der Waals surface area (Å²) in [6.45, 7) is 0. The van der Waals surface area contributed by atoms with E-state index in [-0.39, 0.29) is 0 Å². The summed E-state index contributed by atoms with van der Waals surface area (Å²) in [7, 11) is 0. The van der Waals surface area contributed by atoms with E-state index in [0.29, 0.717) is 0 Å². The number of hydrogen-bond acceptors (Lipinski definition) is 0. The molecule has 0 amide bonds. The molecule has 0 heterocycles. The summed E-state index contributed by atoms with van der Waals surface area (Å²) < 4.78 is 178. The van der Waals surface area contributed by atoms with Gasteiger partial charge in [0.25, 0.3) is 6.08 Å². The van der Waals surface area contributed by atoms with Crippen LogP contribution in [0.4, 0.5) is 61.5 Å². The maximum atomic E-state index is 13.1. The van der Waals surface area contributed by atoms with E-state index in [1.54, 1.807) is 0 Å². The lowest BCUT2D eigenvalue weighted by atomic mass is 9.95. The van der Waals surface area contributed by atoms with E-state index < -0.39 is 52.9 Å². The van der Waals surface area contributed by atoms with Gasteiger partial charge in [-0.2, -0.15) is 57.1 Å². The molecule has 1 rings (SSSR count). The van der Waals surface area contributed by atoms with Crippen molar-refractivity contribution in [3.05, 3.63) is 23.1 Å². The molecule has 1 aliphatic carbocycles. The molecule has 23 heavy (non-hydrogen) atoms. The summed E-state index contributed by atoms with van der Waals surface area (Å²) in [5.74, 6) is -33.8. The van der Waals surface area contributed by atoms with Gasteiger partial charge >= 0.3 is 29.9 Å². The van der Waals surface area contributed by atoms with Gasteiger partial charge in [0, 0.05) is 0 Å². The standard InChI is InChI=1S/C9F14/c10-3-1(7(17,18)19)2(4(11)12)5(13,14)8(20,21)9(22,23)6(3,15)16. The van der Waals surface area contributed by atoms with Crippen molar-refractivity contribution in [1.82, 2.24) is 0 Å². The molecule has 0 spiro atoms. The van der Waals surface area contributed by atoms with Crippen LogP contribution < -0.4 is 0 Å². The van der Waals surface area contributed by atoms with Gasteiger partial charge in [0.2, 0.25) is 0 Å². The van der Waals surface area contributed by atoms with Crippen LogP contribution >= 0.6 is 0 Å². The first kappa shape index (κ1) is 19.5. The van der Waals surface area contributed by atoms with Crippen molar-refractivity contribution in [2.24, 2.45) is 0 Å². The monoisotopic (exact) mass is 374 g/mol. The zero-order valence-electron chi connectivity index (χ0n) is 9.79. The molecule has 0 nitrogen and oxygen atoms in total. The highest BCUT2D eigenvalue weighted by atomic mass is 19.4. The first-order valence-corrected chi connectivity index (χ1v) is 4.90. The molecule has 0 aromatic rings. The van der Waals surface area contributed by atoms with Crippen LogP contribution in [-0.4, -0.2) is 29.9 Å². The van der Waals surface area contributed by atoms with Crippen LogP contribution in [-0.2, 0) is 0 Å². The minimum absolute atomic E-state index is 4.29. The van der Waals surface area contributed by atoms with Crippen molar-refractivity contribution in [1.29, 1.82) is 0 Å². The van der Waals surface area contributed by atoms with Gasteiger partial charge in [0.15, 0.2) is 5.83 Å². The highest BCUT2D eigenvalue weighted by Gasteiger charge is 2.86. The van der Waals surface area contributed by atoms with Gasteiger partial charge in [-0.15, -0.1) is 0 Å². The van der Waals surface area contributed by atoms with E-state index in [2.05, 4.69) is 0 Å². The smallest absolute Gasteiger partial charge is 0.204 e. The van der Waals surface area contributed by atoms with Crippen LogP contribution in [0.5, 0.6) is 0 Å². The number of allylic oxidation sites excluding steroid dienone is 3. The second kappa shape index (κ2) is 4.75. The van der Waals surface area contributed by atoms with Crippen molar-refractivity contribution in [3.63, 3.8) is 0 Å². The number of hydrogen-bond donors (Lipinski definition) is 0. The fraction of sp³-hybridized carbons (Fsp3) is 0.556.